The number of hydrogen-bond donors (Lipinski definition) is 3. The summed E-state index contributed by atoms with van der Waals surface area (Å²) in [5.74, 6) is -0.193. The molecule has 1 heterocycles. The highest BCUT2D eigenvalue weighted by Crippen LogP contribution is 2.16. The molecule has 1 aliphatic heterocycles. The second kappa shape index (κ2) is 7.61. The van der Waals surface area contributed by atoms with Crippen molar-refractivity contribution < 1.29 is 15.2 Å². The fourth-order valence-corrected chi connectivity index (χ4v) is 3.02. The molecule has 2 atom stereocenters. The van der Waals surface area contributed by atoms with Gasteiger partial charge in [0.25, 0.3) is 5.91 Å². The lowest BCUT2D eigenvalue weighted by Gasteiger charge is -2.36. The van der Waals surface area contributed by atoms with Crippen LogP contribution >= 0.6 is 0 Å². The minimum atomic E-state index is -0.492. The van der Waals surface area contributed by atoms with Crippen LogP contribution in [0.15, 0.2) is 11.8 Å². The van der Waals surface area contributed by atoms with Crippen molar-refractivity contribution in [2.75, 3.05) is 6.54 Å². The molecule has 0 unspecified atom stereocenters. The maximum absolute atomic E-state index is 11.9. The van der Waals surface area contributed by atoms with E-state index in [-0.39, 0.29) is 23.7 Å². The molecule has 22 heavy (non-hydrogen) atoms. The van der Waals surface area contributed by atoms with E-state index in [2.05, 4.69) is 10.6 Å². The van der Waals surface area contributed by atoms with E-state index < -0.39 is 6.10 Å². The number of carbonyl (C=O) groups excluding carboxylic acids is 1. The molecule has 1 aliphatic carbocycles. The van der Waals surface area contributed by atoms with Gasteiger partial charge in [-0.2, -0.15) is 5.26 Å². The zero-order valence-electron chi connectivity index (χ0n) is 13.5. The van der Waals surface area contributed by atoms with E-state index in [1.807, 2.05) is 24.8 Å². The second-order valence-electron chi connectivity index (χ2n) is 6.67. The van der Waals surface area contributed by atoms with E-state index in [1.54, 1.807) is 6.20 Å². The number of nitrogens with zero attached hydrogens (tertiary/aromatic N) is 2. The molecule has 1 amide bonds. The maximum Gasteiger partial charge on any atom is 0.269 e. The van der Waals surface area contributed by atoms with E-state index >= 15 is 0 Å². The van der Waals surface area contributed by atoms with Gasteiger partial charge in [0.15, 0.2) is 0 Å². The van der Waals surface area contributed by atoms with Crippen LogP contribution in [0.5, 0.6) is 0 Å². The van der Waals surface area contributed by atoms with Crippen molar-refractivity contribution in [3.05, 3.63) is 11.8 Å². The number of nitriles is 1. The fourth-order valence-electron chi connectivity index (χ4n) is 3.02. The molecule has 6 nitrogen and oxygen atoms in total. The zero-order valence-corrected chi connectivity index (χ0v) is 13.5. The minimum absolute atomic E-state index is 0.101. The average molecular weight is 307 g/mol. The van der Waals surface area contributed by atoms with Gasteiger partial charge in [0.1, 0.15) is 11.6 Å². The summed E-state index contributed by atoms with van der Waals surface area (Å²) in [7, 11) is 0. The monoisotopic (exact) mass is 307 g/mol. The van der Waals surface area contributed by atoms with Crippen molar-refractivity contribution in [1.82, 2.24) is 10.2 Å². The molecule has 0 radical (unpaired) electrons. The van der Waals surface area contributed by atoms with Crippen molar-refractivity contribution in [2.45, 2.75) is 64.4 Å². The molecule has 0 spiro atoms. The molecule has 0 saturated heterocycles. The Balaban J connectivity index is 2.08. The Kier molecular flexibility index (Phi) is 5.81. The summed E-state index contributed by atoms with van der Waals surface area (Å²) in [5.41, 5.74) is 0.101. The maximum atomic E-state index is 11.9. The first-order chi connectivity index (χ1) is 10.5. The van der Waals surface area contributed by atoms with Crippen LogP contribution < -0.4 is 10.6 Å². The molecule has 6 heteroatoms. The van der Waals surface area contributed by atoms with Gasteiger partial charge in [0.05, 0.1) is 18.7 Å². The summed E-state index contributed by atoms with van der Waals surface area (Å²) < 4.78 is 0. The van der Waals surface area contributed by atoms with Crippen LogP contribution in [0.25, 0.3) is 0 Å². The van der Waals surface area contributed by atoms with Crippen LogP contribution in [0.2, 0.25) is 0 Å². The van der Waals surface area contributed by atoms with Gasteiger partial charge in [-0.25, -0.2) is 0 Å². The van der Waals surface area contributed by atoms with E-state index in [4.69, 9.17) is 5.26 Å². The molecule has 4 N–H and O–H groups in total. The van der Waals surface area contributed by atoms with E-state index in [0.29, 0.717) is 12.6 Å². The fraction of sp³-hybridized carbons (Fsp3) is 0.750. The van der Waals surface area contributed by atoms with Crippen molar-refractivity contribution in [1.29, 1.82) is 5.26 Å². The number of aliphatic hydroxyl groups is 1. The Morgan fingerprint density at radius 2 is 2.14 bits per heavy atom. The van der Waals surface area contributed by atoms with Crippen LogP contribution in [-0.2, 0) is 4.79 Å². The second-order valence-corrected chi connectivity index (χ2v) is 6.67. The van der Waals surface area contributed by atoms with Crippen molar-refractivity contribution >= 4 is 5.91 Å². The third kappa shape index (κ3) is 4.21. The minimum Gasteiger partial charge on any atom is -0.391 e. The molecule has 0 aromatic carbocycles. The number of aliphatic hydroxyl groups excluding tert-OH is 1. The van der Waals surface area contributed by atoms with Crippen LogP contribution in [0.4, 0.5) is 0 Å². The van der Waals surface area contributed by atoms with E-state index in [1.165, 1.54) is 19.3 Å². The van der Waals surface area contributed by atoms with Crippen LogP contribution in [0.1, 0.15) is 46.0 Å². The molecular weight excluding hydrogens is 280 g/mol. The van der Waals surface area contributed by atoms with E-state index in [9.17, 15) is 9.90 Å². The quantitative estimate of drug-likeness (QED) is 0.668. The van der Waals surface area contributed by atoms with Crippen molar-refractivity contribution in [2.24, 2.45) is 5.92 Å². The first kappa shape index (κ1) is 16.8. The Hall–Kier alpha value is -1.58. The van der Waals surface area contributed by atoms with Crippen molar-refractivity contribution in [3.63, 3.8) is 0 Å². The number of nitrogens with two attached hydrogens (primary N) is 1. The van der Waals surface area contributed by atoms with Crippen LogP contribution in [0, 0.1) is 17.2 Å². The molecule has 2 rings (SSSR count). The highest BCUT2D eigenvalue weighted by atomic mass is 16.3. The normalized spacial score (nSPS) is 24.7. The van der Waals surface area contributed by atoms with Crippen LogP contribution in [0.3, 0.4) is 0 Å². The highest BCUT2D eigenvalue weighted by Gasteiger charge is 2.33. The molecular formula is C16H27N4O2+. The van der Waals surface area contributed by atoms with Crippen LogP contribution in [-0.4, -0.2) is 40.9 Å². The van der Waals surface area contributed by atoms with Gasteiger partial charge in [-0.1, -0.05) is 20.3 Å². The summed E-state index contributed by atoms with van der Waals surface area (Å²) >= 11 is 0. The largest absolute Gasteiger partial charge is 0.391 e. The number of hydrogen-bond acceptors (Lipinski definition) is 4. The molecule has 0 aromatic rings. The zero-order chi connectivity index (χ0) is 16.1. The Morgan fingerprint density at radius 1 is 1.45 bits per heavy atom. The van der Waals surface area contributed by atoms with Gasteiger partial charge in [-0.05, 0) is 31.6 Å². The number of nitrogens with one attached hydrogen (secondary N) is 1. The van der Waals surface area contributed by atoms with Gasteiger partial charge in [-0.15, -0.1) is 0 Å². The topological polar surface area (TPSA) is 93.0 Å². The molecule has 1 fully saturated rings. The molecule has 122 valence electrons. The summed E-state index contributed by atoms with van der Waals surface area (Å²) in [5, 5.41) is 24.3. The Bertz CT molecular complexity index is 463. The third-order valence-corrected chi connectivity index (χ3v) is 4.57. The van der Waals surface area contributed by atoms with Gasteiger partial charge < -0.3 is 15.3 Å². The lowest BCUT2D eigenvalue weighted by molar-refractivity contribution is -0.743. The van der Waals surface area contributed by atoms with Gasteiger partial charge in [-0.3, -0.25) is 10.1 Å². The lowest BCUT2D eigenvalue weighted by Crippen LogP contribution is -3.01. The predicted molar refractivity (Wildman–Crippen MR) is 82.0 cm³/mol. The van der Waals surface area contributed by atoms with Gasteiger partial charge >= 0.3 is 0 Å². The SMILES string of the molecule is CC(C)[C@H](O)CN1C=C(C#N)C(=O)N[C@@H]1[NH2+]C1CCCCC1. The first-order valence-corrected chi connectivity index (χ1v) is 8.23. The summed E-state index contributed by atoms with van der Waals surface area (Å²) in [4.78, 5) is 13.8. The Labute approximate surface area is 132 Å². The number of amides is 1. The highest BCUT2D eigenvalue weighted by molar-refractivity contribution is 5.97. The summed E-state index contributed by atoms with van der Waals surface area (Å²) in [6.45, 7) is 4.33. The number of carbonyl (C=O) groups is 1. The number of quaternary nitrogens is 1. The molecule has 0 aromatic heterocycles. The molecule has 1 saturated carbocycles. The third-order valence-electron chi connectivity index (χ3n) is 4.57. The number of β-amino-alcohol motifs (C(OH)–C–C–N with tert-alkyl or cyclic N) is 1. The number of rotatable bonds is 5. The molecule has 0 bridgehead atoms. The van der Waals surface area contributed by atoms with Crippen molar-refractivity contribution in [3.8, 4) is 6.07 Å². The van der Waals surface area contributed by atoms with E-state index in [0.717, 1.165) is 12.8 Å². The molecule has 2 aliphatic rings. The van der Waals surface area contributed by atoms with Gasteiger partial charge in [0.2, 0.25) is 6.29 Å². The summed E-state index contributed by atoms with van der Waals surface area (Å²) in [6, 6.07) is 2.42. The average Bonchev–Trinajstić information content (AvgIpc) is 2.50. The smallest absolute Gasteiger partial charge is 0.269 e. The Morgan fingerprint density at radius 3 is 2.73 bits per heavy atom. The first-order valence-electron chi connectivity index (χ1n) is 8.23. The standard InChI is InChI=1S/C16H26N4O2/c1-11(2)14(21)10-20-9-12(8-17)15(22)19-16(20)18-13-6-4-3-5-7-13/h9,11,13-14,16,18,21H,3-7,10H2,1-2H3,(H,19,22)/p+1/t14-,16+/m1/s1. The predicted octanol–water partition coefficient (Wildman–Crippen LogP) is 0.0223. The lowest BCUT2D eigenvalue weighted by atomic mass is 9.95. The van der Waals surface area contributed by atoms with Gasteiger partial charge in [0, 0.05) is 6.20 Å². The summed E-state index contributed by atoms with van der Waals surface area (Å²) in [6.07, 6.45) is 6.92.